The van der Waals surface area contributed by atoms with Gasteiger partial charge < -0.3 is 19.7 Å². The number of aromatic hydroxyl groups is 1. The van der Waals surface area contributed by atoms with E-state index in [1.807, 2.05) is 31.2 Å². The van der Waals surface area contributed by atoms with Gasteiger partial charge in [0.25, 0.3) is 5.78 Å². The molecule has 1 aromatic heterocycles. The molecule has 10 heteroatoms. The van der Waals surface area contributed by atoms with Gasteiger partial charge in [0.05, 0.1) is 17.3 Å². The second-order valence-corrected chi connectivity index (χ2v) is 10.8. The Morgan fingerprint density at radius 1 is 1.07 bits per heavy atom. The number of aliphatic hydroxyl groups is 1. The number of esters is 1. The van der Waals surface area contributed by atoms with Crippen molar-refractivity contribution < 1.29 is 34.1 Å². The second kappa shape index (κ2) is 12.3. The summed E-state index contributed by atoms with van der Waals surface area (Å²) in [6.07, 6.45) is 1.43. The first-order chi connectivity index (χ1) is 20.7. The van der Waals surface area contributed by atoms with Crippen LogP contribution in [0.3, 0.4) is 0 Å². The molecule has 0 aliphatic carbocycles. The van der Waals surface area contributed by atoms with E-state index in [9.17, 15) is 24.6 Å². The number of rotatable bonds is 9. The highest BCUT2D eigenvalue weighted by Crippen LogP contribution is 2.44. The van der Waals surface area contributed by atoms with Gasteiger partial charge in [-0.15, -0.1) is 0 Å². The van der Waals surface area contributed by atoms with Crippen LogP contribution in [0.25, 0.3) is 5.76 Å². The van der Waals surface area contributed by atoms with E-state index in [0.717, 1.165) is 27.4 Å². The van der Waals surface area contributed by atoms with Gasteiger partial charge in [-0.1, -0.05) is 66.0 Å². The number of benzene rings is 3. The van der Waals surface area contributed by atoms with Crippen molar-refractivity contribution in [3.8, 4) is 11.5 Å². The molecule has 9 nitrogen and oxygen atoms in total. The third-order valence-corrected chi connectivity index (χ3v) is 7.91. The summed E-state index contributed by atoms with van der Waals surface area (Å²) in [6, 6.07) is 19.3. The minimum atomic E-state index is -1.08. The summed E-state index contributed by atoms with van der Waals surface area (Å²) in [7, 11) is 0. The van der Waals surface area contributed by atoms with Gasteiger partial charge in [0.2, 0.25) is 0 Å². The number of ketones is 1. The van der Waals surface area contributed by atoms with E-state index >= 15 is 0 Å². The second-order valence-electron chi connectivity index (χ2n) is 9.86. The van der Waals surface area contributed by atoms with Gasteiger partial charge in [0, 0.05) is 5.56 Å². The van der Waals surface area contributed by atoms with Crippen molar-refractivity contribution in [2.45, 2.75) is 26.5 Å². The Bertz CT molecular complexity index is 1740. The first-order valence-corrected chi connectivity index (χ1v) is 14.1. The smallest absolute Gasteiger partial charge is 0.350 e. The normalized spacial score (nSPS) is 15.9. The number of ether oxygens (including phenoxy) is 2. The Morgan fingerprint density at radius 3 is 2.47 bits per heavy atom. The number of phenols is 1. The van der Waals surface area contributed by atoms with E-state index in [-0.39, 0.29) is 33.7 Å². The maximum absolute atomic E-state index is 13.5. The topological polar surface area (TPSA) is 126 Å². The summed E-state index contributed by atoms with van der Waals surface area (Å²) in [5.41, 5.74) is 3.04. The maximum Gasteiger partial charge on any atom is 0.350 e. The summed E-state index contributed by atoms with van der Waals surface area (Å²) in [5, 5.41) is 21.4. The van der Waals surface area contributed by atoms with Crippen LogP contribution in [-0.4, -0.2) is 39.5 Å². The number of thiazole rings is 1. The highest BCUT2D eigenvalue weighted by Gasteiger charge is 2.48. The molecule has 1 aliphatic heterocycles. The van der Waals surface area contributed by atoms with Crippen molar-refractivity contribution in [3.05, 3.63) is 124 Å². The lowest BCUT2D eigenvalue weighted by molar-refractivity contribution is -0.132. The molecule has 218 valence electrons. The van der Waals surface area contributed by atoms with Crippen LogP contribution in [0, 0.1) is 13.8 Å². The van der Waals surface area contributed by atoms with E-state index < -0.39 is 23.7 Å². The monoisotopic (exact) mass is 596 g/mol. The number of anilines is 1. The summed E-state index contributed by atoms with van der Waals surface area (Å²) in [6.45, 7) is 7.49. The van der Waals surface area contributed by atoms with Crippen LogP contribution in [0.15, 0.2) is 91.0 Å². The first kappa shape index (κ1) is 29.3. The zero-order valence-electron chi connectivity index (χ0n) is 23.4. The van der Waals surface area contributed by atoms with Gasteiger partial charge >= 0.3 is 11.9 Å². The average molecular weight is 597 g/mol. The maximum atomic E-state index is 13.5. The Morgan fingerprint density at radius 2 is 1.79 bits per heavy atom. The lowest BCUT2D eigenvalue weighted by Gasteiger charge is -2.23. The minimum Gasteiger partial charge on any atom is -0.508 e. The average Bonchev–Trinajstić information content (AvgIpc) is 3.51. The highest BCUT2D eigenvalue weighted by atomic mass is 32.1. The molecule has 4 aromatic rings. The lowest BCUT2D eigenvalue weighted by atomic mass is 9.95. The van der Waals surface area contributed by atoms with Crippen LogP contribution in [-0.2, 0) is 20.9 Å². The zero-order valence-corrected chi connectivity index (χ0v) is 24.3. The lowest BCUT2D eigenvalue weighted by Crippen LogP contribution is -2.29. The molecule has 1 fully saturated rings. The van der Waals surface area contributed by atoms with Crippen molar-refractivity contribution in [1.29, 1.82) is 0 Å². The van der Waals surface area contributed by atoms with Crippen LogP contribution < -0.4 is 9.64 Å². The summed E-state index contributed by atoms with van der Waals surface area (Å²) >= 11 is 0.901. The quantitative estimate of drug-likeness (QED) is 0.0791. The fourth-order valence-electron chi connectivity index (χ4n) is 4.71. The van der Waals surface area contributed by atoms with Crippen LogP contribution in [0.1, 0.15) is 43.7 Å². The number of carbonyl (C=O) groups excluding carboxylic acids is 3. The van der Waals surface area contributed by atoms with Crippen molar-refractivity contribution in [1.82, 2.24) is 4.98 Å². The van der Waals surface area contributed by atoms with E-state index in [2.05, 4.69) is 11.6 Å². The largest absolute Gasteiger partial charge is 0.508 e. The van der Waals surface area contributed by atoms with Gasteiger partial charge in [-0.2, -0.15) is 0 Å². The number of hydrogen-bond donors (Lipinski definition) is 2. The van der Waals surface area contributed by atoms with Gasteiger partial charge in [-0.05, 0) is 61.4 Å². The van der Waals surface area contributed by atoms with E-state index in [1.54, 1.807) is 43.3 Å². The SMILES string of the molecule is C=CCOC(=O)c1sc(N2C(=O)C(=O)/C(=C(/O)c3ccc(OCc4cccc(C)c4)cc3)C2c2ccc(O)cc2)nc1C. The van der Waals surface area contributed by atoms with E-state index in [4.69, 9.17) is 9.47 Å². The first-order valence-electron chi connectivity index (χ1n) is 13.3. The molecule has 0 saturated carbocycles. The number of nitrogens with zero attached hydrogens (tertiary/aromatic N) is 2. The third kappa shape index (κ3) is 6.05. The Balaban J connectivity index is 1.51. The number of Topliss-reactive ketones (excluding diaryl/α,β-unsaturated/α-hetero) is 1. The summed E-state index contributed by atoms with van der Waals surface area (Å²) in [4.78, 5) is 45.2. The molecule has 1 amide bonds. The summed E-state index contributed by atoms with van der Waals surface area (Å²) < 4.78 is 11.0. The summed E-state index contributed by atoms with van der Waals surface area (Å²) in [5.74, 6) is -2.31. The van der Waals surface area contributed by atoms with E-state index in [0.29, 0.717) is 29.2 Å². The fourth-order valence-corrected chi connectivity index (χ4v) is 5.70. The predicted molar refractivity (Wildman–Crippen MR) is 162 cm³/mol. The van der Waals surface area contributed by atoms with Gasteiger partial charge in [-0.25, -0.2) is 9.78 Å². The number of carbonyl (C=O) groups is 3. The molecule has 2 N–H and O–H groups in total. The Kier molecular flexibility index (Phi) is 8.40. The zero-order chi connectivity index (χ0) is 30.7. The van der Waals surface area contributed by atoms with Crippen molar-refractivity contribution in [2.24, 2.45) is 0 Å². The molecule has 3 aromatic carbocycles. The predicted octanol–water partition coefficient (Wildman–Crippen LogP) is 6.01. The number of amides is 1. The molecule has 1 unspecified atom stereocenters. The molecule has 5 rings (SSSR count). The molecule has 0 radical (unpaired) electrons. The number of phenolic OH excluding ortho intramolecular Hbond substituents is 1. The molecule has 0 bridgehead atoms. The highest BCUT2D eigenvalue weighted by molar-refractivity contribution is 7.17. The van der Waals surface area contributed by atoms with Gasteiger partial charge in [-0.3, -0.25) is 14.5 Å². The number of aromatic nitrogens is 1. The van der Waals surface area contributed by atoms with Crippen LogP contribution in [0.5, 0.6) is 11.5 Å². The van der Waals surface area contributed by atoms with Crippen LogP contribution in [0.2, 0.25) is 0 Å². The Hall–Kier alpha value is -5.22. The van der Waals surface area contributed by atoms with Crippen molar-refractivity contribution >= 4 is 39.9 Å². The van der Waals surface area contributed by atoms with Gasteiger partial charge in [0.15, 0.2) is 5.13 Å². The molecule has 1 saturated heterocycles. The molecular formula is C33H28N2O7S. The molecule has 0 spiro atoms. The van der Waals surface area contributed by atoms with Crippen LogP contribution in [0.4, 0.5) is 5.13 Å². The van der Waals surface area contributed by atoms with E-state index in [1.165, 1.54) is 18.2 Å². The van der Waals surface area contributed by atoms with Crippen molar-refractivity contribution in [3.63, 3.8) is 0 Å². The Labute approximate surface area is 252 Å². The molecule has 1 aliphatic rings. The number of aliphatic hydroxyl groups excluding tert-OH is 1. The van der Waals surface area contributed by atoms with Crippen LogP contribution >= 0.6 is 11.3 Å². The standard InChI is InChI=1S/C33H28N2O7S/c1-4-16-41-32(40)30-20(3)34-33(43-30)35-27(22-8-12-24(36)13-9-22)26(29(38)31(35)39)28(37)23-10-14-25(15-11-23)42-18-21-7-5-6-19(2)17-21/h4-15,17,27,36-37H,1,16,18H2,2-3H3/b28-26+. The third-order valence-electron chi connectivity index (χ3n) is 6.78. The molecule has 43 heavy (non-hydrogen) atoms. The molecule has 1 atom stereocenters. The fraction of sp³-hybridized carbons (Fsp3) is 0.152. The minimum absolute atomic E-state index is 0.000709. The van der Waals surface area contributed by atoms with Gasteiger partial charge in [0.1, 0.15) is 35.3 Å². The van der Waals surface area contributed by atoms with Crippen molar-refractivity contribution in [2.75, 3.05) is 11.5 Å². The molecular weight excluding hydrogens is 568 g/mol. The number of aryl methyl sites for hydroxylation is 2. The molecule has 2 heterocycles. The number of hydrogen-bond acceptors (Lipinski definition) is 9.